The maximum atomic E-state index is 11.4. The first kappa shape index (κ1) is 18.5. The molecule has 1 fully saturated rings. The average molecular weight is 328 g/mol. The molecule has 24 heavy (non-hydrogen) atoms. The van der Waals surface area contributed by atoms with Gasteiger partial charge >= 0.3 is 5.97 Å². The molecule has 1 aliphatic heterocycles. The van der Waals surface area contributed by atoms with Gasteiger partial charge in [-0.15, -0.1) is 0 Å². The minimum atomic E-state index is -0.647. The summed E-state index contributed by atoms with van der Waals surface area (Å²) < 4.78 is 5.50. The molecule has 0 spiro atoms. The monoisotopic (exact) mass is 328 g/mol. The lowest BCUT2D eigenvalue weighted by Crippen LogP contribution is -2.35. The molecule has 0 amide bonds. The van der Waals surface area contributed by atoms with E-state index in [4.69, 9.17) is 4.74 Å². The summed E-state index contributed by atoms with van der Waals surface area (Å²) in [5, 5.41) is 0. The molecule has 1 unspecified atom stereocenters. The second-order valence-corrected chi connectivity index (χ2v) is 6.37. The van der Waals surface area contributed by atoms with E-state index in [9.17, 15) is 4.79 Å². The Balaban J connectivity index is 2.10. The number of piperidine rings is 1. The van der Waals surface area contributed by atoms with E-state index in [1.807, 2.05) is 32.3 Å². The predicted molar refractivity (Wildman–Crippen MR) is 95.3 cm³/mol. The highest BCUT2D eigenvalue weighted by atomic mass is 16.6. The summed E-state index contributed by atoms with van der Waals surface area (Å²) in [5.74, 6) is 6.25. The van der Waals surface area contributed by atoms with Gasteiger partial charge in [-0.25, -0.2) is 0 Å². The summed E-state index contributed by atoms with van der Waals surface area (Å²) in [6.07, 6.45) is 8.78. The molecule has 4 heteroatoms. The molecular weight excluding hydrogens is 300 g/mol. The van der Waals surface area contributed by atoms with Gasteiger partial charge in [-0.1, -0.05) is 38.2 Å². The number of esters is 1. The molecule has 0 N–H and O–H groups in total. The third-order valence-electron chi connectivity index (χ3n) is 4.76. The molecule has 1 saturated heterocycles. The van der Waals surface area contributed by atoms with Crippen molar-refractivity contribution in [1.29, 1.82) is 0 Å². The first-order valence-electron chi connectivity index (χ1n) is 8.94. The highest BCUT2D eigenvalue weighted by Gasteiger charge is 2.27. The van der Waals surface area contributed by atoms with Crippen molar-refractivity contribution < 1.29 is 9.53 Å². The van der Waals surface area contributed by atoms with Crippen LogP contribution in [-0.2, 0) is 9.53 Å². The van der Waals surface area contributed by atoms with Gasteiger partial charge in [0.2, 0.25) is 0 Å². The molecule has 0 saturated carbocycles. The fourth-order valence-electron chi connectivity index (χ4n) is 3.30. The molecule has 1 aromatic rings. The third-order valence-corrected chi connectivity index (χ3v) is 4.76. The van der Waals surface area contributed by atoms with Crippen molar-refractivity contribution in [2.24, 2.45) is 0 Å². The molecule has 1 aromatic heterocycles. The number of nitrogens with zero attached hydrogens (tertiary/aromatic N) is 2. The Labute approximate surface area is 145 Å². The van der Waals surface area contributed by atoms with Crippen molar-refractivity contribution in [3.05, 3.63) is 30.1 Å². The summed E-state index contributed by atoms with van der Waals surface area (Å²) in [6, 6.07) is 4.52. The Hall–Kier alpha value is -1.86. The first-order chi connectivity index (χ1) is 11.6. The van der Waals surface area contributed by atoms with Crippen molar-refractivity contribution in [2.75, 3.05) is 13.1 Å². The van der Waals surface area contributed by atoms with E-state index in [1.54, 1.807) is 0 Å². The molecule has 1 aliphatic rings. The van der Waals surface area contributed by atoms with Crippen LogP contribution in [-0.4, -0.2) is 34.5 Å². The zero-order chi connectivity index (χ0) is 17.4. The topological polar surface area (TPSA) is 42.4 Å². The second-order valence-electron chi connectivity index (χ2n) is 6.37. The van der Waals surface area contributed by atoms with Crippen LogP contribution in [0.2, 0.25) is 0 Å². The van der Waals surface area contributed by atoms with Gasteiger partial charge in [-0.2, -0.15) is 0 Å². The van der Waals surface area contributed by atoms with Crippen LogP contribution in [0, 0.1) is 11.8 Å². The maximum Gasteiger partial charge on any atom is 0.304 e. The maximum absolute atomic E-state index is 11.4. The smallest absolute Gasteiger partial charge is 0.304 e. The Morgan fingerprint density at radius 3 is 2.83 bits per heavy atom. The quantitative estimate of drug-likeness (QED) is 0.610. The zero-order valence-electron chi connectivity index (χ0n) is 15.0. The highest BCUT2D eigenvalue weighted by molar-refractivity contribution is 5.67. The summed E-state index contributed by atoms with van der Waals surface area (Å²) in [7, 11) is 0. The molecule has 0 bridgehead atoms. The van der Waals surface area contributed by atoms with Crippen LogP contribution in [0.3, 0.4) is 0 Å². The van der Waals surface area contributed by atoms with Gasteiger partial charge in [0.15, 0.2) is 5.60 Å². The molecule has 2 heterocycles. The second kappa shape index (κ2) is 8.84. The largest absolute Gasteiger partial charge is 0.446 e. The van der Waals surface area contributed by atoms with E-state index in [1.165, 1.54) is 25.3 Å². The third kappa shape index (κ3) is 4.82. The summed E-state index contributed by atoms with van der Waals surface area (Å²) in [6.45, 7) is 7.22. The summed E-state index contributed by atoms with van der Waals surface area (Å²) >= 11 is 0. The predicted octanol–water partition coefficient (Wildman–Crippen LogP) is 3.73. The number of hydrogen-bond acceptors (Lipinski definition) is 4. The number of likely N-dealkylation sites (tertiary alicyclic amines) is 1. The SMILES string of the molecule is CCC(C#CCN1CCCCC1c1cccnc1)(CC)OC(C)=O. The van der Waals surface area contributed by atoms with E-state index < -0.39 is 5.60 Å². The normalized spacial score (nSPS) is 18.5. The van der Waals surface area contributed by atoms with E-state index >= 15 is 0 Å². The van der Waals surface area contributed by atoms with E-state index in [2.05, 4.69) is 27.8 Å². The Kier molecular flexibility index (Phi) is 6.81. The van der Waals surface area contributed by atoms with E-state index in [-0.39, 0.29) is 5.97 Å². The van der Waals surface area contributed by atoms with Gasteiger partial charge in [0.25, 0.3) is 0 Å². The van der Waals surface area contributed by atoms with Crippen molar-refractivity contribution in [2.45, 2.75) is 64.5 Å². The number of ether oxygens (including phenoxy) is 1. The molecule has 4 nitrogen and oxygen atoms in total. The Morgan fingerprint density at radius 2 is 2.21 bits per heavy atom. The van der Waals surface area contributed by atoms with Crippen LogP contribution in [0.5, 0.6) is 0 Å². The molecule has 1 atom stereocenters. The van der Waals surface area contributed by atoms with Crippen LogP contribution >= 0.6 is 0 Å². The molecule has 2 rings (SSSR count). The van der Waals surface area contributed by atoms with Gasteiger partial charge in [0, 0.05) is 25.4 Å². The minimum absolute atomic E-state index is 0.265. The number of carbonyl (C=O) groups is 1. The first-order valence-corrected chi connectivity index (χ1v) is 8.94. The Bertz CT molecular complexity index is 585. The van der Waals surface area contributed by atoms with Crippen LogP contribution in [0.1, 0.15) is 64.5 Å². The fraction of sp³-hybridized carbons (Fsp3) is 0.600. The number of rotatable bonds is 5. The minimum Gasteiger partial charge on any atom is -0.446 e. The molecular formula is C20H28N2O2. The summed E-state index contributed by atoms with van der Waals surface area (Å²) in [5.41, 5.74) is 0.613. The highest BCUT2D eigenvalue weighted by Crippen LogP contribution is 2.30. The number of aromatic nitrogens is 1. The fourth-order valence-corrected chi connectivity index (χ4v) is 3.30. The lowest BCUT2D eigenvalue weighted by molar-refractivity contribution is -0.152. The van der Waals surface area contributed by atoms with E-state index in [0.717, 1.165) is 13.0 Å². The van der Waals surface area contributed by atoms with Crippen LogP contribution < -0.4 is 0 Å². The lowest BCUT2D eigenvalue weighted by Gasteiger charge is -2.34. The lowest BCUT2D eigenvalue weighted by atomic mass is 9.96. The average Bonchev–Trinajstić information content (AvgIpc) is 2.61. The standard InChI is InChI=1S/C20H28N2O2/c1-4-20(5-2,24-17(3)23)12-9-15-22-14-7-6-11-19(22)18-10-8-13-21-16-18/h8,10,13,16,19H,4-7,11,14-15H2,1-3H3. The van der Waals surface area contributed by atoms with Crippen LogP contribution in [0.15, 0.2) is 24.5 Å². The van der Waals surface area contributed by atoms with Crippen molar-refractivity contribution in [3.63, 3.8) is 0 Å². The zero-order valence-corrected chi connectivity index (χ0v) is 15.0. The van der Waals surface area contributed by atoms with Crippen LogP contribution in [0.25, 0.3) is 0 Å². The van der Waals surface area contributed by atoms with Crippen molar-refractivity contribution in [3.8, 4) is 11.8 Å². The number of carbonyl (C=O) groups excluding carboxylic acids is 1. The number of pyridine rings is 1. The molecule has 130 valence electrons. The van der Waals surface area contributed by atoms with Gasteiger partial charge in [0.1, 0.15) is 0 Å². The van der Waals surface area contributed by atoms with Gasteiger partial charge in [0.05, 0.1) is 6.54 Å². The summed E-state index contributed by atoms with van der Waals surface area (Å²) in [4.78, 5) is 18.0. The molecule has 0 radical (unpaired) electrons. The molecule has 0 aliphatic carbocycles. The van der Waals surface area contributed by atoms with Gasteiger partial charge in [-0.3, -0.25) is 14.7 Å². The Morgan fingerprint density at radius 1 is 1.42 bits per heavy atom. The van der Waals surface area contributed by atoms with Gasteiger partial charge < -0.3 is 4.74 Å². The van der Waals surface area contributed by atoms with Gasteiger partial charge in [-0.05, 0) is 43.9 Å². The van der Waals surface area contributed by atoms with Crippen molar-refractivity contribution >= 4 is 5.97 Å². The van der Waals surface area contributed by atoms with E-state index in [0.29, 0.717) is 25.4 Å². The number of hydrogen-bond donors (Lipinski definition) is 0. The molecule has 0 aromatic carbocycles. The van der Waals surface area contributed by atoms with Crippen LogP contribution in [0.4, 0.5) is 0 Å². The van der Waals surface area contributed by atoms with Crippen molar-refractivity contribution in [1.82, 2.24) is 9.88 Å².